The Morgan fingerprint density at radius 1 is 1.43 bits per heavy atom. The first kappa shape index (κ1) is 16.3. The van der Waals surface area contributed by atoms with E-state index in [1.54, 1.807) is 0 Å². The molecule has 0 radical (unpaired) electrons. The highest BCUT2D eigenvalue weighted by Crippen LogP contribution is 2.36. The lowest BCUT2D eigenvalue weighted by Crippen LogP contribution is -2.45. The molecule has 0 aliphatic carbocycles. The number of nitrogens with zero attached hydrogens (tertiary/aromatic N) is 1. The van der Waals surface area contributed by atoms with Crippen molar-refractivity contribution in [1.29, 1.82) is 0 Å². The van der Waals surface area contributed by atoms with Gasteiger partial charge in [-0.3, -0.25) is 4.79 Å². The maximum absolute atomic E-state index is 12.9. The second kappa shape index (κ2) is 6.33. The summed E-state index contributed by atoms with van der Waals surface area (Å²) in [6.45, 7) is 1.91. The second-order valence-electron chi connectivity index (χ2n) is 4.72. The molecule has 1 aromatic rings. The van der Waals surface area contributed by atoms with Crippen LogP contribution < -0.4 is 0 Å². The third-order valence-corrected chi connectivity index (χ3v) is 6.67. The molecule has 1 aliphatic rings. The highest BCUT2D eigenvalue weighted by Gasteiger charge is 2.45. The van der Waals surface area contributed by atoms with Crippen LogP contribution in [-0.2, 0) is 14.8 Å². The van der Waals surface area contributed by atoms with Gasteiger partial charge in [0, 0.05) is 5.75 Å². The zero-order valence-corrected chi connectivity index (χ0v) is 13.0. The molecule has 21 heavy (non-hydrogen) atoms. The van der Waals surface area contributed by atoms with Crippen molar-refractivity contribution >= 4 is 27.8 Å². The summed E-state index contributed by atoms with van der Waals surface area (Å²) >= 11 is 1.33. The van der Waals surface area contributed by atoms with Gasteiger partial charge in [0.1, 0.15) is 11.9 Å². The molecule has 5 nitrogen and oxygen atoms in total. The number of carboxylic acid groups (broad SMARTS) is 1. The minimum absolute atomic E-state index is 0.0845. The number of aliphatic carboxylic acids is 1. The van der Waals surface area contributed by atoms with Crippen molar-refractivity contribution in [2.45, 2.75) is 36.1 Å². The summed E-state index contributed by atoms with van der Waals surface area (Å²) in [4.78, 5) is 11.2. The summed E-state index contributed by atoms with van der Waals surface area (Å²) in [6, 6.07) is 3.36. The molecule has 0 saturated carbocycles. The van der Waals surface area contributed by atoms with Crippen LogP contribution in [0.5, 0.6) is 0 Å². The molecular weight excluding hydrogens is 317 g/mol. The number of benzene rings is 1. The third kappa shape index (κ3) is 3.22. The fourth-order valence-electron chi connectivity index (χ4n) is 2.24. The lowest BCUT2D eigenvalue weighted by Gasteiger charge is -2.26. The van der Waals surface area contributed by atoms with Crippen LogP contribution in [0.25, 0.3) is 0 Å². The first-order valence-corrected chi connectivity index (χ1v) is 9.00. The van der Waals surface area contributed by atoms with Gasteiger partial charge in [-0.15, -0.1) is 11.8 Å². The summed E-state index contributed by atoms with van der Waals surface area (Å²) in [5.41, 5.74) is 0. The van der Waals surface area contributed by atoms with Crippen LogP contribution in [0.2, 0.25) is 0 Å². The van der Waals surface area contributed by atoms with Gasteiger partial charge in [0.2, 0.25) is 10.0 Å². The van der Waals surface area contributed by atoms with Crippen LogP contribution >= 0.6 is 11.8 Å². The van der Waals surface area contributed by atoms with E-state index in [1.165, 1.54) is 11.8 Å². The van der Waals surface area contributed by atoms with Crippen molar-refractivity contribution < 1.29 is 22.7 Å². The number of thioether (sulfide) groups is 1. The Balaban J connectivity index is 2.42. The highest BCUT2D eigenvalue weighted by molar-refractivity contribution is 8.01. The zero-order chi connectivity index (χ0) is 15.6. The van der Waals surface area contributed by atoms with Crippen LogP contribution in [0.3, 0.4) is 0 Å². The fraction of sp³-hybridized carbons (Fsp3) is 0.462. The summed E-state index contributed by atoms with van der Waals surface area (Å²) in [6.07, 6.45) is 1.33. The lowest BCUT2D eigenvalue weighted by molar-refractivity contribution is -0.140. The Hall–Kier alpha value is -1.12. The topological polar surface area (TPSA) is 74.7 Å². The predicted octanol–water partition coefficient (Wildman–Crippen LogP) is 2.14. The fourth-order valence-corrected chi connectivity index (χ4v) is 5.90. The van der Waals surface area contributed by atoms with Gasteiger partial charge in [-0.2, -0.15) is 4.31 Å². The summed E-state index contributed by atoms with van der Waals surface area (Å²) in [7, 11) is -3.96. The number of sulfonamides is 1. The molecule has 1 heterocycles. The number of carboxylic acids is 1. The maximum Gasteiger partial charge on any atom is 0.322 e. The van der Waals surface area contributed by atoms with Crippen molar-refractivity contribution in [3.05, 3.63) is 30.1 Å². The summed E-state index contributed by atoms with van der Waals surface area (Å²) in [5, 5.41) is 8.85. The molecule has 116 valence electrons. The molecule has 2 unspecified atom stereocenters. The Kier molecular flexibility index (Phi) is 4.90. The average molecular weight is 333 g/mol. The summed E-state index contributed by atoms with van der Waals surface area (Å²) in [5.74, 6) is -1.48. The molecule has 2 atom stereocenters. The van der Waals surface area contributed by atoms with Gasteiger partial charge in [0.05, 0.1) is 10.3 Å². The van der Waals surface area contributed by atoms with E-state index in [2.05, 4.69) is 0 Å². The monoisotopic (exact) mass is 333 g/mol. The molecule has 0 amide bonds. The van der Waals surface area contributed by atoms with Gasteiger partial charge in [-0.05, 0) is 30.7 Å². The van der Waals surface area contributed by atoms with Crippen molar-refractivity contribution in [1.82, 2.24) is 4.31 Å². The number of hydrogen-bond donors (Lipinski definition) is 1. The van der Waals surface area contributed by atoms with Crippen LogP contribution in [0.4, 0.5) is 4.39 Å². The van der Waals surface area contributed by atoms with Gasteiger partial charge in [-0.25, -0.2) is 12.8 Å². The van der Waals surface area contributed by atoms with Gasteiger partial charge < -0.3 is 5.11 Å². The van der Waals surface area contributed by atoms with E-state index in [-0.39, 0.29) is 10.6 Å². The zero-order valence-electron chi connectivity index (χ0n) is 11.4. The van der Waals surface area contributed by atoms with Crippen molar-refractivity contribution in [3.63, 3.8) is 0 Å². The normalized spacial score (nSPS) is 23.3. The highest BCUT2D eigenvalue weighted by atomic mass is 32.2. The molecule has 1 fully saturated rings. The Bertz CT molecular complexity index is 618. The first-order chi connectivity index (χ1) is 9.87. The van der Waals surface area contributed by atoms with Gasteiger partial charge in [0.15, 0.2) is 0 Å². The minimum Gasteiger partial charge on any atom is -0.480 e. The largest absolute Gasteiger partial charge is 0.480 e. The minimum atomic E-state index is -3.96. The quantitative estimate of drug-likeness (QED) is 0.893. The molecule has 1 saturated heterocycles. The van der Waals surface area contributed by atoms with E-state index in [9.17, 15) is 22.7 Å². The van der Waals surface area contributed by atoms with E-state index < -0.39 is 33.2 Å². The molecule has 1 aromatic carbocycles. The van der Waals surface area contributed by atoms with Crippen molar-refractivity contribution in [2.24, 2.45) is 0 Å². The Labute approximate surface area is 127 Å². The molecular formula is C13H16FNO4S2. The van der Waals surface area contributed by atoms with E-state index in [4.69, 9.17) is 0 Å². The lowest BCUT2D eigenvalue weighted by atomic mass is 10.3. The molecule has 0 aromatic heterocycles. The maximum atomic E-state index is 12.9. The smallest absolute Gasteiger partial charge is 0.322 e. The molecule has 2 rings (SSSR count). The standard InChI is InChI=1S/C13H16FNO4S2/c1-2-3-12-15(11(8-20-12)13(16)17)21(18,19)10-6-4-9(14)5-7-10/h4-7,11-12H,2-3,8H2,1H3,(H,16,17). The van der Waals surface area contributed by atoms with E-state index in [1.807, 2.05) is 6.92 Å². The van der Waals surface area contributed by atoms with Crippen molar-refractivity contribution in [2.75, 3.05) is 5.75 Å². The van der Waals surface area contributed by atoms with Crippen LogP contribution in [0.1, 0.15) is 19.8 Å². The van der Waals surface area contributed by atoms with E-state index >= 15 is 0 Å². The Morgan fingerprint density at radius 2 is 2.05 bits per heavy atom. The molecule has 1 aliphatic heterocycles. The molecule has 0 bridgehead atoms. The van der Waals surface area contributed by atoms with Gasteiger partial charge in [0.25, 0.3) is 0 Å². The second-order valence-corrected chi connectivity index (χ2v) is 7.77. The molecule has 1 N–H and O–H groups in total. The van der Waals surface area contributed by atoms with Crippen molar-refractivity contribution in [3.8, 4) is 0 Å². The first-order valence-electron chi connectivity index (χ1n) is 6.51. The Morgan fingerprint density at radius 3 is 2.57 bits per heavy atom. The van der Waals surface area contributed by atoms with Crippen LogP contribution in [0, 0.1) is 5.82 Å². The number of carbonyl (C=O) groups is 1. The third-order valence-electron chi connectivity index (χ3n) is 3.25. The van der Waals surface area contributed by atoms with E-state index in [0.29, 0.717) is 6.42 Å². The average Bonchev–Trinajstić information content (AvgIpc) is 2.84. The number of rotatable bonds is 5. The van der Waals surface area contributed by atoms with Crippen LogP contribution in [-0.4, -0.2) is 41.0 Å². The van der Waals surface area contributed by atoms with Gasteiger partial charge in [-0.1, -0.05) is 13.3 Å². The predicted molar refractivity (Wildman–Crippen MR) is 78.0 cm³/mol. The van der Waals surface area contributed by atoms with E-state index in [0.717, 1.165) is 35.0 Å². The van der Waals surface area contributed by atoms with Crippen LogP contribution in [0.15, 0.2) is 29.2 Å². The molecule has 0 spiro atoms. The van der Waals surface area contributed by atoms with Gasteiger partial charge >= 0.3 is 5.97 Å². The molecule has 8 heteroatoms. The SMILES string of the molecule is CCCC1SCC(C(=O)O)N1S(=O)(=O)c1ccc(F)cc1. The summed E-state index contributed by atoms with van der Waals surface area (Å²) < 4.78 is 39.3. The number of halogens is 1. The number of hydrogen-bond acceptors (Lipinski definition) is 4.